The Balaban J connectivity index is 2.21. The number of benzene rings is 1. The first-order valence-corrected chi connectivity index (χ1v) is 9.10. The number of nitrogens with one attached hydrogen (secondary N) is 1. The largest absolute Gasteiger partial charge is 0.358 e. The molecule has 1 aromatic carbocycles. The number of aromatic nitrogens is 2. The minimum atomic E-state index is -0.0463. The molecule has 6 heteroatoms. The van der Waals surface area contributed by atoms with Crippen molar-refractivity contribution in [3.8, 4) is 11.1 Å². The molecule has 0 bridgehead atoms. The van der Waals surface area contributed by atoms with Crippen molar-refractivity contribution in [2.75, 3.05) is 6.54 Å². The van der Waals surface area contributed by atoms with Gasteiger partial charge in [-0.25, -0.2) is 0 Å². The van der Waals surface area contributed by atoms with Crippen LogP contribution in [0.5, 0.6) is 0 Å². The van der Waals surface area contributed by atoms with Crippen LogP contribution in [0.15, 0.2) is 47.5 Å². The molecule has 1 N–H and O–H groups in total. The Kier molecular flexibility index (Phi) is 5.48. The van der Waals surface area contributed by atoms with Crippen LogP contribution in [-0.2, 0) is 11.3 Å². The molecule has 0 aliphatic carbocycles. The number of nitrogens with zero attached hydrogens (tertiary/aromatic N) is 2. The lowest BCUT2D eigenvalue weighted by atomic mass is 9.98. The summed E-state index contributed by atoms with van der Waals surface area (Å²) in [6.45, 7) is 5.05. The van der Waals surface area contributed by atoms with E-state index in [0.29, 0.717) is 24.9 Å². The maximum absolute atomic E-state index is 13.0. The van der Waals surface area contributed by atoms with E-state index in [2.05, 4.69) is 31.7 Å². The number of fused-ring (bicyclic) bond motifs is 1. The van der Waals surface area contributed by atoms with E-state index in [0.717, 1.165) is 27.5 Å². The molecule has 2 atom stereocenters. The van der Waals surface area contributed by atoms with E-state index in [9.17, 15) is 9.59 Å². The van der Waals surface area contributed by atoms with Crippen LogP contribution in [0.3, 0.4) is 0 Å². The summed E-state index contributed by atoms with van der Waals surface area (Å²) in [5, 5.41) is 5.32. The summed E-state index contributed by atoms with van der Waals surface area (Å²) in [4.78, 5) is 27.7. The van der Waals surface area contributed by atoms with Crippen molar-refractivity contribution in [1.82, 2.24) is 14.9 Å². The molecule has 134 valence electrons. The van der Waals surface area contributed by atoms with Gasteiger partial charge in [0.2, 0.25) is 6.41 Å². The molecule has 0 spiro atoms. The smallest absolute Gasteiger partial charge is 0.260 e. The van der Waals surface area contributed by atoms with Crippen molar-refractivity contribution in [3.05, 3.63) is 58.8 Å². The lowest BCUT2D eigenvalue weighted by Crippen LogP contribution is -2.30. The van der Waals surface area contributed by atoms with Gasteiger partial charge >= 0.3 is 0 Å². The SMILES string of the molecule is Cc1c(-c2ccc(P)cc2)c2ccncc2c(=O)n1C[C@@H](C)CNC=O. The van der Waals surface area contributed by atoms with Gasteiger partial charge in [-0.15, -0.1) is 9.24 Å². The highest BCUT2D eigenvalue weighted by Gasteiger charge is 2.16. The van der Waals surface area contributed by atoms with Gasteiger partial charge in [0, 0.05) is 36.7 Å². The minimum absolute atomic E-state index is 0.0463. The first-order chi connectivity index (χ1) is 12.5. The average molecular weight is 367 g/mol. The van der Waals surface area contributed by atoms with Gasteiger partial charge in [0.25, 0.3) is 5.56 Å². The van der Waals surface area contributed by atoms with Crippen LogP contribution in [0.25, 0.3) is 21.9 Å². The Labute approximate surface area is 154 Å². The van der Waals surface area contributed by atoms with Crippen molar-refractivity contribution in [2.45, 2.75) is 20.4 Å². The number of amides is 1. The highest BCUT2D eigenvalue weighted by atomic mass is 31.0. The molecule has 2 heterocycles. The van der Waals surface area contributed by atoms with E-state index in [-0.39, 0.29) is 11.5 Å². The Bertz CT molecular complexity index is 996. The molecular formula is C20H22N3O2P. The molecule has 1 amide bonds. The second-order valence-electron chi connectivity index (χ2n) is 6.55. The number of hydrogen-bond donors (Lipinski definition) is 1. The highest BCUT2D eigenvalue weighted by molar-refractivity contribution is 7.27. The maximum atomic E-state index is 13.0. The predicted octanol–water partition coefficient (Wildman–Crippen LogP) is 2.25. The van der Waals surface area contributed by atoms with Gasteiger partial charge in [-0.3, -0.25) is 14.6 Å². The Morgan fingerprint density at radius 2 is 1.96 bits per heavy atom. The standard InChI is InChI=1S/C20H22N3O2P/c1-13(9-22-12-24)11-23-14(2)19(15-3-5-16(26)6-4-15)17-7-8-21-10-18(17)20(23)25/h3-8,10,12-13H,9,11,26H2,1-2H3,(H,22,24)/t13-/m0/s1. The van der Waals surface area contributed by atoms with Gasteiger partial charge in [-0.2, -0.15) is 0 Å². The van der Waals surface area contributed by atoms with Crippen molar-refractivity contribution in [2.24, 2.45) is 5.92 Å². The zero-order valence-corrected chi connectivity index (χ0v) is 16.1. The molecule has 0 radical (unpaired) electrons. The fourth-order valence-corrected chi connectivity index (χ4v) is 3.46. The molecule has 0 aliphatic rings. The molecule has 0 saturated carbocycles. The quantitative estimate of drug-likeness (QED) is 0.537. The molecule has 2 aromatic heterocycles. The third kappa shape index (κ3) is 3.54. The Morgan fingerprint density at radius 1 is 1.23 bits per heavy atom. The second-order valence-corrected chi connectivity index (χ2v) is 7.22. The summed E-state index contributed by atoms with van der Waals surface area (Å²) in [5.41, 5.74) is 2.98. The number of rotatable bonds is 6. The third-order valence-corrected chi connectivity index (χ3v) is 4.96. The number of pyridine rings is 2. The van der Waals surface area contributed by atoms with Gasteiger partial charge in [0.15, 0.2) is 0 Å². The molecule has 0 fully saturated rings. The summed E-state index contributed by atoms with van der Waals surface area (Å²) in [6.07, 6.45) is 4.04. The average Bonchev–Trinajstić information content (AvgIpc) is 2.65. The summed E-state index contributed by atoms with van der Waals surface area (Å²) in [7, 11) is 2.68. The molecule has 3 aromatic rings. The number of carbonyl (C=O) groups is 1. The van der Waals surface area contributed by atoms with Crippen molar-refractivity contribution in [1.29, 1.82) is 0 Å². The third-order valence-electron chi connectivity index (χ3n) is 4.58. The monoisotopic (exact) mass is 367 g/mol. The Hall–Kier alpha value is -2.52. The van der Waals surface area contributed by atoms with Crippen LogP contribution in [-0.4, -0.2) is 22.5 Å². The molecule has 0 saturated heterocycles. The van der Waals surface area contributed by atoms with Crippen molar-refractivity contribution < 1.29 is 4.79 Å². The fourth-order valence-electron chi connectivity index (χ4n) is 3.27. The molecule has 0 aliphatic heterocycles. The first-order valence-electron chi connectivity index (χ1n) is 8.53. The van der Waals surface area contributed by atoms with Crippen LogP contribution in [0.1, 0.15) is 12.6 Å². The Morgan fingerprint density at radius 3 is 2.65 bits per heavy atom. The van der Waals surface area contributed by atoms with E-state index in [4.69, 9.17) is 0 Å². The molecule has 3 rings (SSSR count). The second kappa shape index (κ2) is 7.79. The highest BCUT2D eigenvalue weighted by Crippen LogP contribution is 2.30. The number of hydrogen-bond acceptors (Lipinski definition) is 3. The van der Waals surface area contributed by atoms with E-state index < -0.39 is 0 Å². The molecule has 1 unspecified atom stereocenters. The van der Waals surface area contributed by atoms with Crippen LogP contribution >= 0.6 is 9.24 Å². The van der Waals surface area contributed by atoms with Crippen molar-refractivity contribution in [3.63, 3.8) is 0 Å². The van der Waals surface area contributed by atoms with Crippen LogP contribution in [0.2, 0.25) is 0 Å². The van der Waals surface area contributed by atoms with Crippen LogP contribution in [0, 0.1) is 12.8 Å². The minimum Gasteiger partial charge on any atom is -0.358 e. The van der Waals surface area contributed by atoms with Crippen molar-refractivity contribution >= 4 is 31.7 Å². The zero-order valence-electron chi connectivity index (χ0n) is 14.9. The van der Waals surface area contributed by atoms with Crippen LogP contribution < -0.4 is 16.2 Å². The van der Waals surface area contributed by atoms with Gasteiger partial charge in [0.05, 0.1) is 5.39 Å². The number of carbonyl (C=O) groups excluding carboxylic acids is 1. The fraction of sp³-hybridized carbons (Fsp3) is 0.250. The first kappa shape index (κ1) is 18.3. The van der Waals surface area contributed by atoms with E-state index >= 15 is 0 Å². The van der Waals surface area contributed by atoms with E-state index in [1.807, 2.05) is 32.0 Å². The topological polar surface area (TPSA) is 64.0 Å². The van der Waals surface area contributed by atoms with Crippen LogP contribution in [0.4, 0.5) is 0 Å². The van der Waals surface area contributed by atoms with Gasteiger partial charge in [-0.1, -0.05) is 31.2 Å². The maximum Gasteiger partial charge on any atom is 0.260 e. The molecule has 26 heavy (non-hydrogen) atoms. The summed E-state index contributed by atoms with van der Waals surface area (Å²) in [5.74, 6) is 0.132. The molecular weight excluding hydrogens is 345 g/mol. The zero-order chi connectivity index (χ0) is 18.7. The van der Waals surface area contributed by atoms with Gasteiger partial charge in [-0.05, 0) is 35.2 Å². The molecule has 5 nitrogen and oxygen atoms in total. The normalized spacial score (nSPS) is 12.1. The summed E-state index contributed by atoms with van der Waals surface area (Å²) < 4.78 is 1.80. The van der Waals surface area contributed by atoms with E-state index in [1.54, 1.807) is 17.0 Å². The van der Waals surface area contributed by atoms with Gasteiger partial charge < -0.3 is 9.88 Å². The van der Waals surface area contributed by atoms with E-state index in [1.165, 1.54) is 0 Å². The van der Waals surface area contributed by atoms with Gasteiger partial charge in [0.1, 0.15) is 0 Å². The summed E-state index contributed by atoms with van der Waals surface area (Å²) in [6, 6.07) is 10.1. The lowest BCUT2D eigenvalue weighted by Gasteiger charge is -2.20. The predicted molar refractivity (Wildman–Crippen MR) is 109 cm³/mol. The summed E-state index contributed by atoms with van der Waals surface area (Å²) >= 11 is 0. The lowest BCUT2D eigenvalue weighted by molar-refractivity contribution is -0.109.